The molecule has 32 heavy (non-hydrogen) atoms. The predicted molar refractivity (Wildman–Crippen MR) is 127 cm³/mol. The molecule has 2 rings (SSSR count). The molecule has 5 nitrogen and oxygen atoms in total. The van der Waals surface area contributed by atoms with E-state index in [-0.39, 0.29) is 66.4 Å². The van der Waals surface area contributed by atoms with Crippen LogP contribution in [0.15, 0.2) is 0 Å². The Morgan fingerprint density at radius 1 is 0.938 bits per heavy atom. The van der Waals surface area contributed by atoms with Crippen molar-refractivity contribution in [3.63, 3.8) is 0 Å². The summed E-state index contributed by atoms with van der Waals surface area (Å²) >= 11 is 5.92. The first-order valence-corrected chi connectivity index (χ1v) is 17.0. The van der Waals surface area contributed by atoms with E-state index in [0.717, 1.165) is 12.8 Å². The molecule has 0 amide bonds. The molecule has 0 aromatic carbocycles. The van der Waals surface area contributed by atoms with Crippen LogP contribution in [0.25, 0.3) is 0 Å². The zero-order valence-electron chi connectivity index (χ0n) is 21.0. The maximum Gasteiger partial charge on any atom is 0.192 e. The molecule has 0 spiro atoms. The Morgan fingerprint density at radius 2 is 1.50 bits per heavy atom. The molecule has 1 aliphatic rings. The van der Waals surface area contributed by atoms with Gasteiger partial charge in [0.15, 0.2) is 16.6 Å². The average Bonchev–Trinajstić information content (AvgIpc) is 2.91. The number of rotatable bonds is 7. The van der Waals surface area contributed by atoms with Crippen LogP contribution in [0.1, 0.15) is 54.4 Å². The molecule has 1 heterocycles. The fourth-order valence-electron chi connectivity index (χ4n) is 3.01. The Balaban J connectivity index is 0.00000480. The summed E-state index contributed by atoms with van der Waals surface area (Å²) < 4.78 is 19.5. The van der Waals surface area contributed by atoms with E-state index in [9.17, 15) is 0 Å². The van der Waals surface area contributed by atoms with Gasteiger partial charge >= 0.3 is 0 Å². The van der Waals surface area contributed by atoms with E-state index in [1.807, 2.05) is 0 Å². The molecular formula is C22H39ClN2O3Rh2Si2-2. The van der Waals surface area contributed by atoms with E-state index in [2.05, 4.69) is 90.1 Å². The molecule has 0 unspecified atom stereocenters. The number of hydrogen-bond acceptors (Lipinski definition) is 5. The van der Waals surface area contributed by atoms with Crippen molar-refractivity contribution in [2.45, 2.75) is 103 Å². The molecule has 3 atom stereocenters. The van der Waals surface area contributed by atoms with Crippen molar-refractivity contribution in [2.75, 3.05) is 6.61 Å². The largest absolute Gasteiger partial charge is 0.566 e. The summed E-state index contributed by atoms with van der Waals surface area (Å²) in [7, 11) is -3.75. The van der Waals surface area contributed by atoms with Crippen LogP contribution >= 0.6 is 11.6 Å². The zero-order valence-corrected chi connectivity index (χ0v) is 27.1. The van der Waals surface area contributed by atoms with Gasteiger partial charge in [-0.05, 0) is 42.7 Å². The minimum Gasteiger partial charge on any atom is -0.566 e. The van der Waals surface area contributed by atoms with E-state index in [0.29, 0.717) is 18.4 Å². The zero-order chi connectivity index (χ0) is 23.0. The molecule has 1 aromatic rings. The molecule has 1 aliphatic carbocycles. The smallest absolute Gasteiger partial charge is 0.192 e. The number of halogens is 1. The first kappa shape index (κ1) is 32.8. The van der Waals surface area contributed by atoms with Crippen molar-refractivity contribution in [2.24, 2.45) is 5.92 Å². The Kier molecular flexibility index (Phi) is 12.4. The summed E-state index contributed by atoms with van der Waals surface area (Å²) in [6.45, 7) is 23.6. The molecule has 1 fully saturated rings. The van der Waals surface area contributed by atoms with Gasteiger partial charge in [0.25, 0.3) is 0 Å². The van der Waals surface area contributed by atoms with Crippen LogP contribution in [0.2, 0.25) is 41.4 Å². The molecule has 0 aliphatic heterocycles. The quantitative estimate of drug-likeness (QED) is 0.193. The average molecular weight is 677 g/mol. The summed E-state index contributed by atoms with van der Waals surface area (Å²) in [5, 5.41) is 0.546. The van der Waals surface area contributed by atoms with E-state index in [4.69, 9.17) is 25.2 Å². The van der Waals surface area contributed by atoms with Crippen molar-refractivity contribution in [1.29, 1.82) is 0 Å². The van der Waals surface area contributed by atoms with Gasteiger partial charge in [-0.3, -0.25) is 0 Å². The predicted octanol–water partition coefficient (Wildman–Crippen LogP) is 6.29. The van der Waals surface area contributed by atoms with Gasteiger partial charge < -0.3 is 29.6 Å². The van der Waals surface area contributed by atoms with Gasteiger partial charge in [0.05, 0.1) is 12.2 Å². The van der Waals surface area contributed by atoms with Crippen molar-refractivity contribution in [1.82, 2.24) is 9.97 Å². The third-order valence-electron chi connectivity index (χ3n) is 7.09. The van der Waals surface area contributed by atoms with Crippen LogP contribution in [0, 0.1) is 18.3 Å². The summed E-state index contributed by atoms with van der Waals surface area (Å²) in [6, 6.07) is 2.85. The van der Waals surface area contributed by atoms with Crippen LogP contribution < -0.4 is 4.74 Å². The van der Waals surface area contributed by atoms with Gasteiger partial charge in [-0.1, -0.05) is 47.4 Å². The Bertz CT molecular complexity index is 728. The molecule has 0 N–H and O–H groups in total. The molecule has 0 saturated heterocycles. The molecule has 190 valence electrons. The third kappa shape index (κ3) is 8.77. The second-order valence-corrected chi connectivity index (χ2v) is 21.4. The molecule has 2 radical (unpaired) electrons. The third-order valence-corrected chi connectivity index (χ3v) is 16.3. The van der Waals surface area contributed by atoms with Crippen molar-refractivity contribution in [3.05, 3.63) is 17.5 Å². The SMILES string of the molecule is CC(C)(C)[Si](C)(C)OC[C@@H]1C[C@@H](Oc2[c-]c(Cl)n[c-]n2)C[C@@H]1O[Si](C)(C)C(C)(C)C.[Rh].[Rh]. The number of aromatic nitrogens is 2. The molecule has 0 bridgehead atoms. The molecular weight excluding hydrogens is 638 g/mol. The fraction of sp³-hybridized carbons (Fsp3) is 0.818. The van der Waals surface area contributed by atoms with Crippen LogP contribution in [-0.4, -0.2) is 45.4 Å². The van der Waals surface area contributed by atoms with Crippen LogP contribution in [-0.2, 0) is 47.8 Å². The fourth-order valence-corrected chi connectivity index (χ4v) is 5.59. The second-order valence-electron chi connectivity index (χ2n) is 11.5. The maximum absolute atomic E-state index is 6.84. The van der Waals surface area contributed by atoms with E-state index in [1.54, 1.807) is 0 Å². The molecule has 1 saturated carbocycles. The summed E-state index contributed by atoms with van der Waals surface area (Å²) in [5.41, 5.74) is 0. The normalized spacial score (nSPS) is 22.2. The standard InChI is InChI=1S/C22H39ClN2O3Si2.2Rh/c1-21(2,3)29(7,8)26-14-16-11-17(27-20-13-19(23)24-15-25-20)12-18(16)28-30(9,10)22(4,5)6;;/h16-18H,11-12,14H2,1-10H3;;/q-2;;/t16-,17+,18-;;/m0../s1. The minimum atomic E-state index is -1.91. The Hall–Kier alpha value is 0.771. The summed E-state index contributed by atoms with van der Waals surface area (Å²) in [6.07, 6.45) is 4.29. The number of hydrogen-bond donors (Lipinski definition) is 0. The van der Waals surface area contributed by atoms with Gasteiger partial charge in [-0.2, -0.15) is 16.8 Å². The van der Waals surface area contributed by atoms with E-state index < -0.39 is 16.6 Å². The van der Waals surface area contributed by atoms with Gasteiger partial charge in [0, 0.05) is 64.2 Å². The van der Waals surface area contributed by atoms with Crippen molar-refractivity contribution in [3.8, 4) is 5.88 Å². The van der Waals surface area contributed by atoms with Gasteiger partial charge in [0.2, 0.25) is 0 Å². The minimum absolute atomic E-state index is 0. The number of ether oxygens (including phenoxy) is 1. The first-order valence-electron chi connectivity index (χ1n) is 10.8. The van der Waals surface area contributed by atoms with E-state index >= 15 is 0 Å². The Morgan fingerprint density at radius 3 is 2.00 bits per heavy atom. The van der Waals surface area contributed by atoms with Crippen molar-refractivity contribution >= 4 is 28.2 Å². The summed E-state index contributed by atoms with van der Waals surface area (Å²) in [4.78, 5) is 7.79. The topological polar surface area (TPSA) is 53.5 Å². The maximum atomic E-state index is 6.84. The molecule has 10 heteroatoms. The summed E-state index contributed by atoms with van der Waals surface area (Å²) in [5.74, 6) is 0.636. The van der Waals surface area contributed by atoms with Gasteiger partial charge in [-0.15, -0.1) is 0 Å². The molecule has 1 aromatic heterocycles. The van der Waals surface area contributed by atoms with Gasteiger partial charge in [-0.25, -0.2) is 0 Å². The van der Waals surface area contributed by atoms with Crippen LogP contribution in [0.4, 0.5) is 0 Å². The van der Waals surface area contributed by atoms with E-state index in [1.165, 1.54) is 0 Å². The number of nitrogens with zero attached hydrogens (tertiary/aromatic N) is 2. The Labute approximate surface area is 228 Å². The second kappa shape index (κ2) is 12.1. The van der Waals surface area contributed by atoms with Crippen LogP contribution in [0.3, 0.4) is 0 Å². The van der Waals surface area contributed by atoms with Crippen molar-refractivity contribution < 1.29 is 52.5 Å². The first-order chi connectivity index (χ1) is 13.5. The monoisotopic (exact) mass is 676 g/mol. The van der Waals surface area contributed by atoms with Crippen LogP contribution in [0.5, 0.6) is 5.88 Å². The van der Waals surface area contributed by atoms with Gasteiger partial charge in [0.1, 0.15) is 0 Å².